The van der Waals surface area contributed by atoms with Crippen molar-refractivity contribution < 1.29 is 14.7 Å². The first-order chi connectivity index (χ1) is 7.02. The molecule has 1 saturated heterocycles. The lowest BCUT2D eigenvalue weighted by molar-refractivity contribution is -0.143. The highest BCUT2D eigenvalue weighted by molar-refractivity contribution is 5.87. The molecule has 1 rings (SSSR count). The minimum absolute atomic E-state index is 0.104. The average Bonchev–Trinajstić information content (AvgIpc) is 2.65. The van der Waals surface area contributed by atoms with Crippen LogP contribution >= 0.6 is 0 Å². The maximum Gasteiger partial charge on any atom is 0.326 e. The summed E-state index contributed by atoms with van der Waals surface area (Å²) in [5, 5.41) is 14.5. The van der Waals surface area contributed by atoms with Crippen molar-refractivity contribution in [3.8, 4) is 0 Å². The van der Waals surface area contributed by atoms with Gasteiger partial charge in [0.15, 0.2) is 0 Å². The second kappa shape index (κ2) is 5.11. The van der Waals surface area contributed by atoms with Gasteiger partial charge in [0.05, 0.1) is 6.04 Å². The van der Waals surface area contributed by atoms with Crippen molar-refractivity contribution in [3.63, 3.8) is 0 Å². The van der Waals surface area contributed by atoms with Gasteiger partial charge in [0.1, 0.15) is 6.04 Å². The Kier molecular flexibility index (Phi) is 4.08. The van der Waals surface area contributed by atoms with Crippen LogP contribution in [0.15, 0.2) is 0 Å². The number of carbonyl (C=O) groups excluding carboxylic acids is 1. The predicted molar refractivity (Wildman–Crippen MR) is 55.4 cm³/mol. The smallest absolute Gasteiger partial charge is 0.326 e. The summed E-state index contributed by atoms with van der Waals surface area (Å²) >= 11 is 0. The molecule has 86 valence electrons. The highest BCUT2D eigenvalue weighted by Crippen LogP contribution is 2.07. The van der Waals surface area contributed by atoms with E-state index in [2.05, 4.69) is 10.6 Å². The lowest BCUT2D eigenvalue weighted by atomic mass is 10.0. The van der Waals surface area contributed by atoms with Crippen LogP contribution in [0.3, 0.4) is 0 Å². The van der Waals surface area contributed by atoms with E-state index in [0.29, 0.717) is 0 Å². The van der Waals surface area contributed by atoms with Crippen molar-refractivity contribution in [2.75, 3.05) is 6.54 Å². The van der Waals surface area contributed by atoms with E-state index in [1.165, 1.54) is 0 Å². The van der Waals surface area contributed by atoms with Crippen molar-refractivity contribution in [2.45, 2.75) is 38.8 Å². The van der Waals surface area contributed by atoms with E-state index in [0.717, 1.165) is 19.4 Å². The van der Waals surface area contributed by atoms with Crippen LogP contribution in [0.2, 0.25) is 0 Å². The molecule has 0 aromatic heterocycles. The van der Waals surface area contributed by atoms with E-state index >= 15 is 0 Å². The fraction of sp³-hybridized carbons (Fsp3) is 0.800. The number of carboxylic acid groups (broad SMARTS) is 1. The summed E-state index contributed by atoms with van der Waals surface area (Å²) < 4.78 is 0. The van der Waals surface area contributed by atoms with E-state index in [-0.39, 0.29) is 17.9 Å². The van der Waals surface area contributed by atoms with Crippen LogP contribution in [-0.4, -0.2) is 35.6 Å². The van der Waals surface area contributed by atoms with Gasteiger partial charge in [0.25, 0.3) is 0 Å². The van der Waals surface area contributed by atoms with Gasteiger partial charge >= 0.3 is 5.97 Å². The van der Waals surface area contributed by atoms with Crippen molar-refractivity contribution in [2.24, 2.45) is 5.92 Å². The van der Waals surface area contributed by atoms with E-state index in [1.807, 2.05) is 0 Å². The Bertz CT molecular complexity index is 247. The van der Waals surface area contributed by atoms with Crippen molar-refractivity contribution in [1.82, 2.24) is 10.6 Å². The van der Waals surface area contributed by atoms with Crippen LogP contribution in [0.5, 0.6) is 0 Å². The maximum absolute atomic E-state index is 11.6. The Labute approximate surface area is 89.2 Å². The molecule has 0 saturated carbocycles. The van der Waals surface area contributed by atoms with E-state index in [4.69, 9.17) is 5.11 Å². The zero-order valence-corrected chi connectivity index (χ0v) is 9.12. The molecular formula is C10H18N2O3. The van der Waals surface area contributed by atoms with E-state index < -0.39 is 12.0 Å². The highest BCUT2D eigenvalue weighted by atomic mass is 16.4. The zero-order valence-electron chi connectivity index (χ0n) is 9.12. The number of hydrogen-bond acceptors (Lipinski definition) is 3. The standard InChI is InChI=1S/C10H18N2O3/c1-6(2)8(10(14)15)12-9(13)7-4-3-5-11-7/h6-8,11H,3-5H2,1-2H3,(H,12,13)(H,14,15)/t7-,8+/m0/s1. The maximum atomic E-state index is 11.6. The summed E-state index contributed by atoms with van der Waals surface area (Å²) in [6, 6.07) is -1.01. The molecule has 1 amide bonds. The number of aliphatic carboxylic acids is 1. The second-order valence-electron chi connectivity index (χ2n) is 4.22. The number of carboxylic acids is 1. The first-order valence-electron chi connectivity index (χ1n) is 5.29. The molecule has 5 nitrogen and oxygen atoms in total. The molecule has 1 heterocycles. The van der Waals surface area contributed by atoms with Crippen LogP contribution in [0, 0.1) is 5.92 Å². The third-order valence-electron chi connectivity index (χ3n) is 2.61. The molecule has 1 aliphatic rings. The summed E-state index contributed by atoms with van der Waals surface area (Å²) in [6.07, 6.45) is 1.76. The molecule has 0 aliphatic carbocycles. The number of amides is 1. The van der Waals surface area contributed by atoms with Crippen LogP contribution < -0.4 is 10.6 Å². The first kappa shape index (κ1) is 12.0. The van der Waals surface area contributed by atoms with Gasteiger partial charge in [-0.2, -0.15) is 0 Å². The number of carbonyl (C=O) groups is 2. The van der Waals surface area contributed by atoms with Gasteiger partial charge in [0, 0.05) is 0 Å². The fourth-order valence-electron chi connectivity index (χ4n) is 1.68. The molecule has 1 aliphatic heterocycles. The van der Waals surface area contributed by atoms with Gasteiger partial charge in [-0.05, 0) is 25.3 Å². The van der Waals surface area contributed by atoms with Gasteiger partial charge in [-0.3, -0.25) is 4.79 Å². The summed E-state index contributed by atoms with van der Waals surface area (Å²) in [7, 11) is 0. The number of rotatable bonds is 4. The summed E-state index contributed by atoms with van der Waals surface area (Å²) in [5.41, 5.74) is 0. The third kappa shape index (κ3) is 3.20. The van der Waals surface area contributed by atoms with E-state index in [9.17, 15) is 9.59 Å². The molecule has 5 heteroatoms. The lowest BCUT2D eigenvalue weighted by Crippen LogP contribution is -2.50. The van der Waals surface area contributed by atoms with Crippen molar-refractivity contribution >= 4 is 11.9 Å². The third-order valence-corrected chi connectivity index (χ3v) is 2.61. The monoisotopic (exact) mass is 214 g/mol. The molecule has 0 radical (unpaired) electrons. The largest absolute Gasteiger partial charge is 0.480 e. The predicted octanol–water partition coefficient (Wildman–Crippen LogP) is -0.0362. The summed E-state index contributed by atoms with van der Waals surface area (Å²) in [5.74, 6) is -1.28. The SMILES string of the molecule is CC(C)[C@@H](NC(=O)[C@@H]1CCCN1)C(=O)O. The average molecular weight is 214 g/mol. The highest BCUT2D eigenvalue weighted by Gasteiger charge is 2.28. The minimum Gasteiger partial charge on any atom is -0.480 e. The first-order valence-corrected chi connectivity index (χ1v) is 5.29. The van der Waals surface area contributed by atoms with Crippen LogP contribution in [0.4, 0.5) is 0 Å². The molecule has 1 fully saturated rings. The molecule has 0 aromatic carbocycles. The molecule has 0 bridgehead atoms. The lowest BCUT2D eigenvalue weighted by Gasteiger charge is -2.20. The van der Waals surface area contributed by atoms with Crippen LogP contribution in [-0.2, 0) is 9.59 Å². The molecule has 2 atom stereocenters. The summed E-state index contributed by atoms with van der Waals surface area (Å²) in [6.45, 7) is 4.39. The normalized spacial score (nSPS) is 22.7. The Morgan fingerprint density at radius 1 is 1.47 bits per heavy atom. The molecule has 0 unspecified atom stereocenters. The van der Waals surface area contributed by atoms with Crippen molar-refractivity contribution in [3.05, 3.63) is 0 Å². The second-order valence-corrected chi connectivity index (χ2v) is 4.22. The fourth-order valence-corrected chi connectivity index (χ4v) is 1.68. The topological polar surface area (TPSA) is 78.4 Å². The zero-order chi connectivity index (χ0) is 11.4. The molecule has 0 aromatic rings. The van der Waals surface area contributed by atoms with Gasteiger partial charge < -0.3 is 15.7 Å². The Morgan fingerprint density at radius 3 is 2.53 bits per heavy atom. The molecule has 15 heavy (non-hydrogen) atoms. The Hall–Kier alpha value is -1.10. The van der Waals surface area contributed by atoms with Crippen molar-refractivity contribution in [1.29, 1.82) is 0 Å². The Morgan fingerprint density at radius 2 is 2.13 bits per heavy atom. The summed E-state index contributed by atoms with van der Waals surface area (Å²) in [4.78, 5) is 22.5. The van der Waals surface area contributed by atoms with E-state index in [1.54, 1.807) is 13.8 Å². The number of hydrogen-bond donors (Lipinski definition) is 3. The van der Waals surface area contributed by atoms with Crippen LogP contribution in [0.25, 0.3) is 0 Å². The molecule has 0 spiro atoms. The Balaban J connectivity index is 2.50. The van der Waals surface area contributed by atoms with Crippen LogP contribution in [0.1, 0.15) is 26.7 Å². The molecule has 3 N–H and O–H groups in total. The molecular weight excluding hydrogens is 196 g/mol. The number of nitrogens with one attached hydrogen (secondary N) is 2. The quantitative estimate of drug-likeness (QED) is 0.614. The van der Waals surface area contributed by atoms with Gasteiger partial charge in [-0.25, -0.2) is 4.79 Å². The van der Waals surface area contributed by atoms with Gasteiger partial charge in [-0.1, -0.05) is 13.8 Å². The minimum atomic E-state index is -0.976. The van der Waals surface area contributed by atoms with Gasteiger partial charge in [-0.15, -0.1) is 0 Å². The van der Waals surface area contributed by atoms with Gasteiger partial charge in [0.2, 0.25) is 5.91 Å².